The maximum absolute atomic E-state index is 12.0. The minimum absolute atomic E-state index is 0.0429. The lowest BCUT2D eigenvalue weighted by Gasteiger charge is -2.18. The number of aryl methyl sites for hydroxylation is 1. The average Bonchev–Trinajstić information content (AvgIpc) is 2.49. The molecule has 118 valence electrons. The number of phenols is 1. The number of carbonyl (C=O) groups excluding carboxylic acids is 1. The number of fused-ring (bicyclic) bond motifs is 1. The Kier molecular flexibility index (Phi) is 4.45. The molecular formula is C17H20O5. The Hall–Kier alpha value is -2.43. The molecule has 2 aromatic rings. The highest BCUT2D eigenvalue weighted by molar-refractivity contribution is 6.00. The Morgan fingerprint density at radius 1 is 1.05 bits per heavy atom. The summed E-state index contributed by atoms with van der Waals surface area (Å²) < 4.78 is 16.0. The Labute approximate surface area is 129 Å². The van der Waals surface area contributed by atoms with Gasteiger partial charge in [0.25, 0.3) is 0 Å². The first-order valence-corrected chi connectivity index (χ1v) is 6.99. The van der Waals surface area contributed by atoms with Gasteiger partial charge in [0, 0.05) is 10.8 Å². The molecule has 0 aliphatic carbocycles. The maximum Gasteiger partial charge on any atom is 0.313 e. The molecule has 0 heterocycles. The van der Waals surface area contributed by atoms with Crippen molar-refractivity contribution >= 4 is 16.7 Å². The Bertz CT molecular complexity index is 719. The number of aromatic hydroxyl groups is 1. The number of methoxy groups -OCH3 is 2. The number of benzene rings is 2. The summed E-state index contributed by atoms with van der Waals surface area (Å²) in [5, 5.41) is 11.5. The van der Waals surface area contributed by atoms with Crippen LogP contribution in [0.1, 0.15) is 19.4 Å². The van der Waals surface area contributed by atoms with Gasteiger partial charge in [-0.1, -0.05) is 31.5 Å². The first-order valence-electron chi connectivity index (χ1n) is 6.99. The van der Waals surface area contributed by atoms with Crippen LogP contribution >= 0.6 is 0 Å². The Balaban J connectivity index is 2.81. The fraction of sp³-hybridized carbons (Fsp3) is 0.353. The molecule has 0 atom stereocenters. The van der Waals surface area contributed by atoms with Gasteiger partial charge in [-0.25, -0.2) is 0 Å². The highest BCUT2D eigenvalue weighted by Gasteiger charge is 2.24. The van der Waals surface area contributed by atoms with E-state index in [2.05, 4.69) is 0 Å². The summed E-state index contributed by atoms with van der Waals surface area (Å²) in [6, 6.07) is 5.46. The van der Waals surface area contributed by atoms with Crippen molar-refractivity contribution in [3.05, 3.63) is 23.8 Å². The van der Waals surface area contributed by atoms with Gasteiger partial charge < -0.3 is 19.3 Å². The molecule has 2 aromatic carbocycles. The fourth-order valence-electron chi connectivity index (χ4n) is 2.20. The molecule has 2 rings (SSSR count). The largest absolute Gasteiger partial charge is 0.504 e. The van der Waals surface area contributed by atoms with Crippen LogP contribution < -0.4 is 14.2 Å². The van der Waals surface area contributed by atoms with Crippen LogP contribution in [0.4, 0.5) is 0 Å². The van der Waals surface area contributed by atoms with E-state index in [0.717, 1.165) is 5.56 Å². The number of phenolic OH excluding ortho intramolecular Hbond substituents is 1. The predicted octanol–water partition coefficient (Wildman–Crippen LogP) is 3.43. The zero-order chi connectivity index (χ0) is 16.4. The lowest BCUT2D eigenvalue weighted by atomic mass is 10.0. The van der Waals surface area contributed by atoms with Crippen LogP contribution in [0.25, 0.3) is 10.8 Å². The number of ether oxygens (including phenoxy) is 3. The van der Waals surface area contributed by atoms with Crippen LogP contribution in [-0.4, -0.2) is 25.3 Å². The smallest absolute Gasteiger partial charge is 0.313 e. The van der Waals surface area contributed by atoms with Crippen molar-refractivity contribution in [3.63, 3.8) is 0 Å². The first-order chi connectivity index (χ1) is 10.4. The van der Waals surface area contributed by atoms with Crippen LogP contribution in [0.3, 0.4) is 0 Å². The predicted molar refractivity (Wildman–Crippen MR) is 83.9 cm³/mol. The van der Waals surface area contributed by atoms with Gasteiger partial charge >= 0.3 is 5.97 Å². The summed E-state index contributed by atoms with van der Waals surface area (Å²) in [5.74, 6) is -0.107. The molecule has 5 heteroatoms. The van der Waals surface area contributed by atoms with E-state index in [1.807, 2.05) is 19.1 Å². The molecule has 1 N–H and O–H groups in total. The second-order valence-electron chi connectivity index (χ2n) is 5.37. The third-order valence-corrected chi connectivity index (χ3v) is 3.38. The van der Waals surface area contributed by atoms with E-state index in [9.17, 15) is 9.90 Å². The molecule has 0 amide bonds. The number of hydrogen-bond acceptors (Lipinski definition) is 5. The quantitative estimate of drug-likeness (QED) is 0.692. The summed E-state index contributed by atoms with van der Waals surface area (Å²) in [5.41, 5.74) is 0.973. The highest BCUT2D eigenvalue weighted by Crippen LogP contribution is 2.50. The molecule has 0 aliphatic heterocycles. The van der Waals surface area contributed by atoms with Gasteiger partial charge in [-0.05, 0) is 13.0 Å². The zero-order valence-corrected chi connectivity index (χ0v) is 13.4. The molecule has 0 aromatic heterocycles. The molecule has 0 spiro atoms. The normalized spacial score (nSPS) is 10.8. The fourth-order valence-corrected chi connectivity index (χ4v) is 2.20. The summed E-state index contributed by atoms with van der Waals surface area (Å²) in [4.78, 5) is 12.0. The SMILES string of the molecule is COc1c(OC)c(OC(=O)C(C)C)c2cc(C)ccc2c1O. The molecule has 0 saturated carbocycles. The summed E-state index contributed by atoms with van der Waals surface area (Å²) in [6.45, 7) is 5.42. The van der Waals surface area contributed by atoms with Crippen LogP contribution in [0.15, 0.2) is 18.2 Å². The van der Waals surface area contributed by atoms with Crippen molar-refractivity contribution in [1.29, 1.82) is 0 Å². The van der Waals surface area contributed by atoms with Gasteiger partial charge in [-0.15, -0.1) is 0 Å². The van der Waals surface area contributed by atoms with E-state index >= 15 is 0 Å². The molecule has 0 aliphatic rings. The van der Waals surface area contributed by atoms with Crippen LogP contribution in [0, 0.1) is 12.8 Å². The monoisotopic (exact) mass is 304 g/mol. The molecule has 0 bridgehead atoms. The zero-order valence-electron chi connectivity index (χ0n) is 13.4. The van der Waals surface area contributed by atoms with Crippen molar-refractivity contribution in [3.8, 4) is 23.0 Å². The third-order valence-electron chi connectivity index (χ3n) is 3.38. The van der Waals surface area contributed by atoms with Gasteiger partial charge in [0.1, 0.15) is 0 Å². The Morgan fingerprint density at radius 3 is 2.23 bits per heavy atom. The number of rotatable bonds is 4. The van der Waals surface area contributed by atoms with Crippen molar-refractivity contribution in [2.24, 2.45) is 5.92 Å². The van der Waals surface area contributed by atoms with Gasteiger partial charge in [0.05, 0.1) is 20.1 Å². The van der Waals surface area contributed by atoms with Crippen molar-refractivity contribution in [1.82, 2.24) is 0 Å². The van der Waals surface area contributed by atoms with Gasteiger partial charge in [0.2, 0.25) is 11.5 Å². The summed E-state index contributed by atoms with van der Waals surface area (Å²) in [6.07, 6.45) is 0. The average molecular weight is 304 g/mol. The van der Waals surface area contributed by atoms with E-state index in [1.165, 1.54) is 14.2 Å². The van der Waals surface area contributed by atoms with Crippen LogP contribution in [0.2, 0.25) is 0 Å². The van der Waals surface area contributed by atoms with Crippen molar-refractivity contribution in [2.75, 3.05) is 14.2 Å². The molecule has 0 saturated heterocycles. The molecule has 0 radical (unpaired) electrons. The first kappa shape index (κ1) is 15.9. The van der Waals surface area contributed by atoms with E-state index in [4.69, 9.17) is 14.2 Å². The van der Waals surface area contributed by atoms with Crippen LogP contribution in [-0.2, 0) is 4.79 Å². The van der Waals surface area contributed by atoms with Gasteiger partial charge in [-0.2, -0.15) is 0 Å². The number of hydrogen-bond donors (Lipinski definition) is 1. The van der Waals surface area contributed by atoms with E-state index < -0.39 is 0 Å². The third kappa shape index (κ3) is 2.66. The van der Waals surface area contributed by atoms with Gasteiger partial charge in [-0.3, -0.25) is 4.79 Å². The lowest BCUT2D eigenvalue weighted by Crippen LogP contribution is -2.15. The topological polar surface area (TPSA) is 65.0 Å². The molecule has 0 fully saturated rings. The summed E-state index contributed by atoms with van der Waals surface area (Å²) >= 11 is 0. The molecular weight excluding hydrogens is 284 g/mol. The number of carbonyl (C=O) groups is 1. The van der Waals surface area contributed by atoms with E-state index in [0.29, 0.717) is 10.8 Å². The van der Waals surface area contributed by atoms with E-state index in [-0.39, 0.29) is 34.9 Å². The molecule has 0 unspecified atom stereocenters. The van der Waals surface area contributed by atoms with Crippen molar-refractivity contribution < 1.29 is 24.1 Å². The highest BCUT2D eigenvalue weighted by atomic mass is 16.6. The van der Waals surface area contributed by atoms with E-state index in [1.54, 1.807) is 19.9 Å². The summed E-state index contributed by atoms with van der Waals surface area (Å²) in [7, 11) is 2.86. The minimum atomic E-state index is -0.381. The van der Waals surface area contributed by atoms with Crippen LogP contribution in [0.5, 0.6) is 23.0 Å². The standard InChI is InChI=1S/C17H20O5/c1-9(2)17(19)22-14-12-8-10(3)6-7-11(12)13(18)15(20-4)16(14)21-5/h6-9,18H,1-5H3. The molecule has 5 nitrogen and oxygen atoms in total. The van der Waals surface area contributed by atoms with Gasteiger partial charge in [0.15, 0.2) is 11.5 Å². The maximum atomic E-state index is 12.0. The molecule has 22 heavy (non-hydrogen) atoms. The lowest BCUT2D eigenvalue weighted by molar-refractivity contribution is -0.137. The Morgan fingerprint density at radius 2 is 1.68 bits per heavy atom. The second kappa shape index (κ2) is 6.13. The second-order valence-corrected chi connectivity index (χ2v) is 5.37. The van der Waals surface area contributed by atoms with Crippen molar-refractivity contribution in [2.45, 2.75) is 20.8 Å². The minimum Gasteiger partial charge on any atom is -0.504 e. The number of esters is 1.